The summed E-state index contributed by atoms with van der Waals surface area (Å²) in [6.07, 6.45) is 1.45. The van der Waals surface area contributed by atoms with Gasteiger partial charge in [-0.2, -0.15) is 11.8 Å². The van der Waals surface area contributed by atoms with Crippen molar-refractivity contribution in [1.82, 2.24) is 9.97 Å². The number of thioether (sulfide) groups is 1. The summed E-state index contributed by atoms with van der Waals surface area (Å²) in [6, 6.07) is 9.40. The Kier molecular flexibility index (Phi) is 3.64. The zero-order valence-electron chi connectivity index (χ0n) is 10.4. The zero-order chi connectivity index (χ0) is 13.1. The molecule has 0 radical (unpaired) electrons. The summed E-state index contributed by atoms with van der Waals surface area (Å²) >= 11 is 1.89. The van der Waals surface area contributed by atoms with Crippen molar-refractivity contribution in [2.75, 3.05) is 29.5 Å². The van der Waals surface area contributed by atoms with Crippen LogP contribution in [0.4, 0.5) is 10.2 Å². The highest BCUT2D eigenvalue weighted by atomic mass is 32.2. The molecule has 0 amide bonds. The quantitative estimate of drug-likeness (QED) is 0.843. The maximum absolute atomic E-state index is 14.6. The fraction of sp³-hybridized carbons (Fsp3) is 0.286. The number of hydrogen-bond donors (Lipinski definition) is 0. The van der Waals surface area contributed by atoms with Gasteiger partial charge in [0.25, 0.3) is 0 Å². The Labute approximate surface area is 115 Å². The maximum atomic E-state index is 14.6. The number of anilines is 1. The van der Waals surface area contributed by atoms with Gasteiger partial charge < -0.3 is 4.90 Å². The van der Waals surface area contributed by atoms with Crippen LogP contribution < -0.4 is 4.90 Å². The number of halogens is 1. The predicted molar refractivity (Wildman–Crippen MR) is 77.0 cm³/mol. The second-order valence-electron chi connectivity index (χ2n) is 4.33. The van der Waals surface area contributed by atoms with Crippen LogP contribution in [-0.2, 0) is 0 Å². The molecule has 0 spiro atoms. The number of benzene rings is 1. The summed E-state index contributed by atoms with van der Waals surface area (Å²) in [5, 5.41) is 0. The van der Waals surface area contributed by atoms with Crippen molar-refractivity contribution in [3.05, 3.63) is 42.5 Å². The monoisotopic (exact) mass is 275 g/mol. The van der Waals surface area contributed by atoms with Crippen LogP contribution in [0.2, 0.25) is 0 Å². The molecule has 0 atom stereocenters. The summed E-state index contributed by atoms with van der Waals surface area (Å²) in [6.45, 7) is 1.68. The van der Waals surface area contributed by atoms with Gasteiger partial charge in [-0.15, -0.1) is 0 Å². The van der Waals surface area contributed by atoms with Crippen molar-refractivity contribution in [2.24, 2.45) is 0 Å². The molecule has 0 aliphatic carbocycles. The lowest BCUT2D eigenvalue weighted by Gasteiger charge is -2.27. The van der Waals surface area contributed by atoms with Crippen LogP contribution in [0.1, 0.15) is 0 Å². The maximum Gasteiger partial charge on any atom is 0.191 e. The van der Waals surface area contributed by atoms with E-state index >= 15 is 0 Å². The van der Waals surface area contributed by atoms with Gasteiger partial charge in [-0.05, 0) is 0 Å². The first-order chi connectivity index (χ1) is 9.36. The van der Waals surface area contributed by atoms with Gasteiger partial charge in [-0.25, -0.2) is 14.4 Å². The van der Waals surface area contributed by atoms with E-state index in [1.54, 1.807) is 0 Å². The molecular weight excluding hydrogens is 261 g/mol. The largest absolute Gasteiger partial charge is 0.352 e. The van der Waals surface area contributed by atoms with Crippen molar-refractivity contribution in [1.29, 1.82) is 0 Å². The van der Waals surface area contributed by atoms with Gasteiger partial charge in [0.2, 0.25) is 0 Å². The van der Waals surface area contributed by atoms with Gasteiger partial charge in [-0.3, -0.25) is 0 Å². The standard InChI is InChI=1S/C14H14FN3S/c15-12-13(11-4-2-1-3-5-11)16-10-17-14(12)18-6-8-19-9-7-18/h1-5,10H,6-9H2. The smallest absolute Gasteiger partial charge is 0.191 e. The molecule has 1 saturated heterocycles. The summed E-state index contributed by atoms with van der Waals surface area (Å²) in [5.74, 6) is 2.14. The number of nitrogens with zero attached hydrogens (tertiary/aromatic N) is 3. The van der Waals surface area contributed by atoms with Crippen LogP contribution in [0, 0.1) is 5.82 Å². The number of hydrogen-bond acceptors (Lipinski definition) is 4. The molecule has 3 rings (SSSR count). The van der Waals surface area contributed by atoms with Crippen molar-refractivity contribution in [2.45, 2.75) is 0 Å². The first-order valence-corrected chi connectivity index (χ1v) is 7.40. The van der Waals surface area contributed by atoms with E-state index in [2.05, 4.69) is 9.97 Å². The molecule has 19 heavy (non-hydrogen) atoms. The van der Waals surface area contributed by atoms with Crippen LogP contribution in [0.5, 0.6) is 0 Å². The second kappa shape index (κ2) is 5.57. The van der Waals surface area contributed by atoms with E-state index in [0.717, 1.165) is 30.2 Å². The molecule has 2 heterocycles. The molecule has 3 nitrogen and oxygen atoms in total. The molecule has 0 unspecified atom stereocenters. The van der Waals surface area contributed by atoms with Crippen molar-refractivity contribution >= 4 is 17.6 Å². The fourth-order valence-electron chi connectivity index (χ4n) is 2.15. The predicted octanol–water partition coefficient (Wildman–Crippen LogP) is 2.84. The molecule has 1 aromatic carbocycles. The third-order valence-corrected chi connectivity index (χ3v) is 4.07. The van der Waals surface area contributed by atoms with E-state index < -0.39 is 0 Å². The van der Waals surface area contributed by atoms with E-state index in [1.807, 2.05) is 47.0 Å². The van der Waals surface area contributed by atoms with Crippen LogP contribution in [0.25, 0.3) is 11.3 Å². The van der Waals surface area contributed by atoms with Gasteiger partial charge in [-0.1, -0.05) is 30.3 Å². The summed E-state index contributed by atoms with van der Waals surface area (Å²) in [7, 11) is 0. The molecule has 98 valence electrons. The van der Waals surface area contributed by atoms with Crippen LogP contribution >= 0.6 is 11.8 Å². The first-order valence-electron chi connectivity index (χ1n) is 6.25. The van der Waals surface area contributed by atoms with Gasteiger partial charge in [0.05, 0.1) is 0 Å². The Bertz CT molecular complexity index is 556. The molecule has 1 fully saturated rings. The molecule has 1 aliphatic heterocycles. The minimum atomic E-state index is -0.319. The van der Waals surface area contributed by atoms with Gasteiger partial charge in [0.1, 0.15) is 12.0 Å². The Morgan fingerprint density at radius 3 is 2.53 bits per heavy atom. The highest BCUT2D eigenvalue weighted by Gasteiger charge is 2.19. The van der Waals surface area contributed by atoms with E-state index in [-0.39, 0.29) is 5.82 Å². The van der Waals surface area contributed by atoms with Crippen LogP contribution in [0.3, 0.4) is 0 Å². The van der Waals surface area contributed by atoms with Gasteiger partial charge in [0, 0.05) is 30.2 Å². The van der Waals surface area contributed by atoms with E-state index in [1.165, 1.54) is 6.33 Å². The number of aromatic nitrogens is 2. The fourth-order valence-corrected chi connectivity index (χ4v) is 3.06. The van der Waals surface area contributed by atoms with Crippen molar-refractivity contribution in [3.8, 4) is 11.3 Å². The third kappa shape index (κ3) is 2.56. The van der Waals surface area contributed by atoms with E-state index in [9.17, 15) is 4.39 Å². The molecule has 1 aromatic heterocycles. The highest BCUT2D eigenvalue weighted by molar-refractivity contribution is 7.99. The summed E-state index contributed by atoms with van der Waals surface area (Å²) in [5.41, 5.74) is 1.17. The molecule has 5 heteroatoms. The Morgan fingerprint density at radius 1 is 1.05 bits per heavy atom. The lowest BCUT2D eigenvalue weighted by Crippen LogP contribution is -2.34. The first kappa shape index (κ1) is 12.4. The Balaban J connectivity index is 1.99. The highest BCUT2D eigenvalue weighted by Crippen LogP contribution is 2.27. The topological polar surface area (TPSA) is 29.0 Å². The van der Waals surface area contributed by atoms with Crippen molar-refractivity contribution in [3.63, 3.8) is 0 Å². The lowest BCUT2D eigenvalue weighted by atomic mass is 10.1. The minimum absolute atomic E-state index is 0.319. The lowest BCUT2D eigenvalue weighted by molar-refractivity contribution is 0.608. The SMILES string of the molecule is Fc1c(-c2ccccc2)ncnc1N1CCSCC1. The zero-order valence-corrected chi connectivity index (χ0v) is 11.2. The Morgan fingerprint density at radius 2 is 1.79 bits per heavy atom. The average molecular weight is 275 g/mol. The number of rotatable bonds is 2. The minimum Gasteiger partial charge on any atom is -0.352 e. The molecule has 0 saturated carbocycles. The third-order valence-electron chi connectivity index (χ3n) is 3.13. The van der Waals surface area contributed by atoms with Gasteiger partial charge in [0.15, 0.2) is 11.6 Å². The van der Waals surface area contributed by atoms with Crippen molar-refractivity contribution < 1.29 is 4.39 Å². The second-order valence-corrected chi connectivity index (χ2v) is 5.55. The van der Waals surface area contributed by atoms with Crippen LogP contribution in [0.15, 0.2) is 36.7 Å². The normalized spacial score (nSPS) is 15.5. The average Bonchev–Trinajstić information content (AvgIpc) is 2.49. The molecule has 1 aliphatic rings. The molecule has 0 N–H and O–H groups in total. The summed E-state index contributed by atoms with van der Waals surface area (Å²) < 4.78 is 14.6. The van der Waals surface area contributed by atoms with Gasteiger partial charge >= 0.3 is 0 Å². The molecule has 2 aromatic rings. The van der Waals surface area contributed by atoms with E-state index in [4.69, 9.17) is 0 Å². The van der Waals surface area contributed by atoms with E-state index in [0.29, 0.717) is 11.5 Å². The Hall–Kier alpha value is -1.62. The molecule has 0 bridgehead atoms. The summed E-state index contributed by atoms with van der Waals surface area (Å²) in [4.78, 5) is 10.2. The molecular formula is C14H14FN3S. The van der Waals surface area contributed by atoms with Crippen LogP contribution in [-0.4, -0.2) is 34.6 Å².